The van der Waals surface area contributed by atoms with Crippen molar-refractivity contribution in [3.05, 3.63) is 52.5 Å². The SMILES string of the molecule is [NH]C1(C(=O)Nc2ccc(N3CCN(C(=O)Nc4c(Cl)cccc4Cl)CC3)cc2)CCCC1. The highest BCUT2D eigenvalue weighted by atomic mass is 35.5. The van der Waals surface area contributed by atoms with E-state index in [0.29, 0.717) is 60.4 Å². The van der Waals surface area contributed by atoms with Crippen molar-refractivity contribution in [2.45, 2.75) is 31.2 Å². The average Bonchev–Trinajstić information content (AvgIpc) is 3.25. The third-order valence-electron chi connectivity index (χ3n) is 6.14. The maximum Gasteiger partial charge on any atom is 0.322 e. The lowest BCUT2D eigenvalue weighted by Crippen LogP contribution is -2.50. The summed E-state index contributed by atoms with van der Waals surface area (Å²) in [7, 11) is 0. The molecule has 0 aromatic heterocycles. The van der Waals surface area contributed by atoms with Gasteiger partial charge in [0.2, 0.25) is 5.91 Å². The number of carbonyl (C=O) groups excluding carboxylic acids is 2. The maximum absolute atomic E-state index is 12.6. The van der Waals surface area contributed by atoms with Gasteiger partial charge in [0.05, 0.1) is 15.7 Å². The van der Waals surface area contributed by atoms with Gasteiger partial charge in [-0.3, -0.25) is 4.79 Å². The van der Waals surface area contributed by atoms with E-state index < -0.39 is 5.54 Å². The highest BCUT2D eigenvalue weighted by molar-refractivity contribution is 6.39. The Balaban J connectivity index is 1.30. The summed E-state index contributed by atoms with van der Waals surface area (Å²) >= 11 is 12.3. The van der Waals surface area contributed by atoms with Crippen molar-refractivity contribution in [1.29, 1.82) is 0 Å². The number of benzene rings is 2. The van der Waals surface area contributed by atoms with Crippen molar-refractivity contribution in [1.82, 2.24) is 10.6 Å². The van der Waals surface area contributed by atoms with Gasteiger partial charge in [-0.15, -0.1) is 0 Å². The van der Waals surface area contributed by atoms with Crippen LogP contribution in [0.5, 0.6) is 0 Å². The molecule has 1 heterocycles. The van der Waals surface area contributed by atoms with Crippen molar-refractivity contribution in [3.8, 4) is 0 Å². The van der Waals surface area contributed by atoms with Gasteiger partial charge in [0.1, 0.15) is 5.54 Å². The first kappa shape index (κ1) is 22.7. The van der Waals surface area contributed by atoms with Gasteiger partial charge < -0.3 is 20.4 Å². The standard InChI is InChI=1S/C23H26Cl2N5O2/c24-18-4-3-5-19(25)20(18)28-22(32)30-14-12-29(13-15-30)17-8-6-16(7-9-17)27-21(31)23(26)10-1-2-11-23/h3-9,26H,1-2,10-15H2,(H,27,31)(H,28,32). The van der Waals surface area contributed by atoms with Crippen LogP contribution in [-0.2, 0) is 4.79 Å². The van der Waals surface area contributed by atoms with Crippen molar-refractivity contribution >= 4 is 52.2 Å². The quantitative estimate of drug-likeness (QED) is 0.661. The van der Waals surface area contributed by atoms with Gasteiger partial charge in [0.15, 0.2) is 0 Å². The minimum absolute atomic E-state index is 0.221. The number of hydrogen-bond donors (Lipinski definition) is 2. The zero-order valence-electron chi connectivity index (χ0n) is 17.7. The molecule has 1 saturated carbocycles. The van der Waals surface area contributed by atoms with Crippen LogP contribution in [0.2, 0.25) is 10.0 Å². The van der Waals surface area contributed by atoms with E-state index >= 15 is 0 Å². The van der Waals surface area contributed by atoms with E-state index in [9.17, 15) is 9.59 Å². The molecule has 1 aliphatic heterocycles. The number of anilines is 3. The molecule has 0 spiro atoms. The van der Waals surface area contributed by atoms with Crippen LogP contribution in [0.1, 0.15) is 25.7 Å². The summed E-state index contributed by atoms with van der Waals surface area (Å²) < 4.78 is 0. The third kappa shape index (κ3) is 4.95. The lowest BCUT2D eigenvalue weighted by molar-refractivity contribution is -0.121. The largest absolute Gasteiger partial charge is 0.368 e. The third-order valence-corrected chi connectivity index (χ3v) is 6.77. The molecule has 0 unspecified atom stereocenters. The zero-order valence-corrected chi connectivity index (χ0v) is 19.2. The molecule has 1 aliphatic carbocycles. The highest BCUT2D eigenvalue weighted by Crippen LogP contribution is 2.31. The molecule has 2 aromatic rings. The van der Waals surface area contributed by atoms with E-state index in [0.717, 1.165) is 18.5 Å². The fourth-order valence-corrected chi connectivity index (χ4v) is 4.67. The molecule has 0 atom stereocenters. The van der Waals surface area contributed by atoms with Crippen LogP contribution in [0.25, 0.3) is 0 Å². The van der Waals surface area contributed by atoms with Gasteiger partial charge in [-0.05, 0) is 49.2 Å². The second-order valence-electron chi connectivity index (χ2n) is 8.29. The number of piperazine rings is 1. The minimum atomic E-state index is -0.996. The molecule has 7 nitrogen and oxygen atoms in total. The summed E-state index contributed by atoms with van der Waals surface area (Å²) in [6.07, 6.45) is 3.12. The monoisotopic (exact) mass is 474 g/mol. The molecule has 2 aromatic carbocycles. The summed E-state index contributed by atoms with van der Waals surface area (Å²) in [5.74, 6) is -0.221. The van der Waals surface area contributed by atoms with Gasteiger partial charge in [0, 0.05) is 37.6 Å². The Morgan fingerprint density at radius 2 is 1.47 bits per heavy atom. The predicted octanol–water partition coefficient (Wildman–Crippen LogP) is 4.88. The molecule has 1 radical (unpaired) electrons. The fourth-order valence-electron chi connectivity index (χ4n) is 4.18. The Morgan fingerprint density at radius 1 is 0.875 bits per heavy atom. The fraction of sp³-hybridized carbons (Fsp3) is 0.391. The Hall–Kier alpha value is -2.48. The number of nitrogens with one attached hydrogen (secondary N) is 3. The Bertz CT molecular complexity index is 964. The molecule has 2 aliphatic rings. The lowest BCUT2D eigenvalue weighted by Gasteiger charge is -2.36. The van der Waals surface area contributed by atoms with Crippen LogP contribution in [0.3, 0.4) is 0 Å². The molecule has 0 bridgehead atoms. The second kappa shape index (κ2) is 9.57. The number of halogens is 2. The van der Waals surface area contributed by atoms with E-state index in [-0.39, 0.29) is 11.9 Å². The van der Waals surface area contributed by atoms with Crippen LogP contribution in [-0.4, -0.2) is 48.6 Å². The van der Waals surface area contributed by atoms with Crippen molar-refractivity contribution in [2.24, 2.45) is 0 Å². The van der Waals surface area contributed by atoms with Crippen molar-refractivity contribution in [3.63, 3.8) is 0 Å². The van der Waals surface area contributed by atoms with Crippen LogP contribution >= 0.6 is 23.2 Å². The molecular weight excluding hydrogens is 449 g/mol. The molecule has 169 valence electrons. The van der Waals surface area contributed by atoms with Gasteiger partial charge in [-0.25, -0.2) is 10.5 Å². The smallest absolute Gasteiger partial charge is 0.322 e. The van der Waals surface area contributed by atoms with Gasteiger partial charge in [-0.2, -0.15) is 0 Å². The summed E-state index contributed by atoms with van der Waals surface area (Å²) in [5, 5.41) is 6.49. The topological polar surface area (TPSA) is 88.5 Å². The number of carbonyl (C=O) groups is 2. The first-order chi connectivity index (χ1) is 15.4. The van der Waals surface area contributed by atoms with E-state index in [1.807, 2.05) is 24.3 Å². The number of urea groups is 1. The number of amides is 3. The highest BCUT2D eigenvalue weighted by Gasteiger charge is 2.37. The first-order valence-electron chi connectivity index (χ1n) is 10.8. The lowest BCUT2D eigenvalue weighted by atomic mass is 9.98. The summed E-state index contributed by atoms with van der Waals surface area (Å²) in [6.45, 7) is 2.50. The number of rotatable bonds is 4. The number of hydrogen-bond acceptors (Lipinski definition) is 3. The van der Waals surface area contributed by atoms with E-state index in [2.05, 4.69) is 15.5 Å². The Morgan fingerprint density at radius 3 is 2.06 bits per heavy atom. The minimum Gasteiger partial charge on any atom is -0.368 e. The summed E-state index contributed by atoms with van der Waals surface area (Å²) in [6, 6.07) is 12.5. The maximum atomic E-state index is 12.6. The predicted molar refractivity (Wildman–Crippen MR) is 129 cm³/mol. The van der Waals surface area contributed by atoms with E-state index in [4.69, 9.17) is 28.9 Å². The molecule has 2 fully saturated rings. The van der Waals surface area contributed by atoms with Crippen LogP contribution in [0.15, 0.2) is 42.5 Å². The zero-order chi connectivity index (χ0) is 22.7. The Kier molecular flexibility index (Phi) is 6.79. The first-order valence-corrected chi connectivity index (χ1v) is 11.5. The molecule has 32 heavy (non-hydrogen) atoms. The van der Waals surface area contributed by atoms with Gasteiger partial charge >= 0.3 is 6.03 Å². The normalized spacial score (nSPS) is 17.8. The molecule has 1 saturated heterocycles. The van der Waals surface area contributed by atoms with Crippen molar-refractivity contribution < 1.29 is 9.59 Å². The molecule has 9 heteroatoms. The summed E-state index contributed by atoms with van der Waals surface area (Å²) in [5.41, 5.74) is 9.47. The average molecular weight is 475 g/mol. The molecule has 3 amide bonds. The summed E-state index contributed by atoms with van der Waals surface area (Å²) in [4.78, 5) is 29.0. The van der Waals surface area contributed by atoms with Gasteiger partial charge in [0.25, 0.3) is 0 Å². The number of nitrogens with zero attached hydrogens (tertiary/aromatic N) is 2. The Labute approximate surface area is 197 Å². The number of para-hydroxylation sites is 1. The molecular formula is C23H26Cl2N5O2. The molecule has 3 N–H and O–H groups in total. The van der Waals surface area contributed by atoms with Crippen molar-refractivity contribution in [2.75, 3.05) is 41.7 Å². The van der Waals surface area contributed by atoms with Crippen LogP contribution in [0, 0.1) is 0 Å². The van der Waals surface area contributed by atoms with Crippen LogP contribution < -0.4 is 21.3 Å². The molecule has 4 rings (SSSR count). The van der Waals surface area contributed by atoms with E-state index in [1.54, 1.807) is 23.1 Å². The van der Waals surface area contributed by atoms with Crippen LogP contribution in [0.4, 0.5) is 21.9 Å². The van der Waals surface area contributed by atoms with Gasteiger partial charge in [-0.1, -0.05) is 42.1 Å². The second-order valence-corrected chi connectivity index (χ2v) is 9.11. The van der Waals surface area contributed by atoms with E-state index in [1.165, 1.54) is 0 Å².